The first kappa shape index (κ1) is 11.5. The zero-order valence-electron chi connectivity index (χ0n) is 9.62. The molecule has 0 saturated carbocycles. The van der Waals surface area contributed by atoms with Gasteiger partial charge in [-0.3, -0.25) is 0 Å². The minimum atomic E-state index is -0.0316. The Morgan fingerprint density at radius 2 is 2.06 bits per heavy atom. The van der Waals surface area contributed by atoms with Crippen LogP contribution < -0.4 is 0 Å². The minimum Gasteiger partial charge on any atom is -0.408 e. The number of aromatic amines is 1. The summed E-state index contributed by atoms with van der Waals surface area (Å²) < 4.78 is 5.34. The Kier molecular flexibility index (Phi) is 2.71. The molecule has 16 heavy (non-hydrogen) atoms. The number of aryl methyl sites for hydroxylation is 1. The Labute approximate surface area is 103 Å². The summed E-state index contributed by atoms with van der Waals surface area (Å²) >= 11 is 6.45. The molecule has 0 aliphatic heterocycles. The monoisotopic (exact) mass is 255 g/mol. The van der Waals surface area contributed by atoms with Crippen molar-refractivity contribution in [1.29, 1.82) is 0 Å². The van der Waals surface area contributed by atoms with E-state index in [0.717, 1.165) is 15.6 Å². The van der Waals surface area contributed by atoms with E-state index in [-0.39, 0.29) is 5.41 Å². The van der Waals surface area contributed by atoms with Gasteiger partial charge in [0.25, 0.3) is 10.7 Å². The van der Waals surface area contributed by atoms with Crippen LogP contribution in [-0.2, 0) is 5.41 Å². The summed E-state index contributed by atoms with van der Waals surface area (Å²) in [6.45, 7) is 8.33. The van der Waals surface area contributed by atoms with E-state index in [2.05, 4.69) is 36.0 Å². The molecule has 0 aliphatic rings. The van der Waals surface area contributed by atoms with Crippen molar-refractivity contribution in [3.05, 3.63) is 15.5 Å². The number of thiazole rings is 1. The van der Waals surface area contributed by atoms with E-state index in [1.165, 1.54) is 0 Å². The largest absolute Gasteiger partial charge is 0.408 e. The quantitative estimate of drug-likeness (QED) is 0.793. The lowest BCUT2D eigenvalue weighted by Gasteiger charge is -2.16. The predicted molar refractivity (Wildman–Crippen MR) is 66.2 cm³/mol. The van der Waals surface area contributed by atoms with Crippen LogP contribution in [0.5, 0.6) is 0 Å². The number of rotatable bonds is 1. The summed E-state index contributed by atoms with van der Waals surface area (Å²) in [5.41, 5.74) is 0.969. The molecule has 2 rings (SSSR count). The standard InChI is InChI=1S/C10H13N3OS2/c1-5-11-7(10(2,3)4)6(16-5)8-12-13-9(15)14-8/h1-4H3,(H,13,15). The van der Waals surface area contributed by atoms with Gasteiger partial charge in [-0.2, -0.15) is 0 Å². The lowest BCUT2D eigenvalue weighted by molar-refractivity contribution is 0.541. The van der Waals surface area contributed by atoms with E-state index < -0.39 is 0 Å². The van der Waals surface area contributed by atoms with Crippen LogP contribution in [0.3, 0.4) is 0 Å². The highest BCUT2D eigenvalue weighted by molar-refractivity contribution is 7.71. The molecule has 0 saturated heterocycles. The van der Waals surface area contributed by atoms with E-state index in [1.54, 1.807) is 11.3 Å². The number of H-pyrrole nitrogens is 1. The van der Waals surface area contributed by atoms with Gasteiger partial charge < -0.3 is 4.42 Å². The molecule has 0 aliphatic carbocycles. The topological polar surface area (TPSA) is 54.7 Å². The molecule has 0 fully saturated rings. The molecule has 0 bridgehead atoms. The molecule has 2 aromatic rings. The van der Waals surface area contributed by atoms with E-state index in [0.29, 0.717) is 10.7 Å². The van der Waals surface area contributed by atoms with Crippen LogP contribution in [-0.4, -0.2) is 15.2 Å². The number of aromatic nitrogens is 3. The molecule has 2 heterocycles. The summed E-state index contributed by atoms with van der Waals surface area (Å²) in [7, 11) is 0. The maximum Gasteiger partial charge on any atom is 0.284 e. The molecule has 0 radical (unpaired) electrons. The van der Waals surface area contributed by atoms with Crippen molar-refractivity contribution < 1.29 is 4.42 Å². The first-order valence-corrected chi connectivity index (χ1v) is 6.14. The number of hydrogen-bond donors (Lipinski definition) is 1. The van der Waals surface area contributed by atoms with Gasteiger partial charge in [-0.05, 0) is 19.1 Å². The van der Waals surface area contributed by atoms with Gasteiger partial charge in [-0.15, -0.1) is 16.4 Å². The Morgan fingerprint density at radius 3 is 2.56 bits per heavy atom. The Morgan fingerprint density at radius 1 is 1.38 bits per heavy atom. The Bertz CT molecular complexity index is 559. The van der Waals surface area contributed by atoms with Crippen LogP contribution in [0.4, 0.5) is 0 Å². The third-order valence-corrected chi connectivity index (χ3v) is 3.21. The third kappa shape index (κ3) is 2.08. The molecule has 0 unspecified atom stereocenters. The fraction of sp³-hybridized carbons (Fsp3) is 0.500. The van der Waals surface area contributed by atoms with E-state index >= 15 is 0 Å². The van der Waals surface area contributed by atoms with Gasteiger partial charge in [0.05, 0.1) is 10.7 Å². The van der Waals surface area contributed by atoms with Gasteiger partial charge in [0.15, 0.2) is 0 Å². The van der Waals surface area contributed by atoms with Crippen molar-refractivity contribution in [3.63, 3.8) is 0 Å². The van der Waals surface area contributed by atoms with Gasteiger partial charge in [0, 0.05) is 5.41 Å². The zero-order valence-corrected chi connectivity index (χ0v) is 11.3. The highest BCUT2D eigenvalue weighted by atomic mass is 32.1. The highest BCUT2D eigenvalue weighted by Gasteiger charge is 2.25. The van der Waals surface area contributed by atoms with Crippen molar-refractivity contribution >= 4 is 23.6 Å². The van der Waals surface area contributed by atoms with Crippen LogP contribution in [0.2, 0.25) is 0 Å². The molecule has 2 aromatic heterocycles. The SMILES string of the molecule is Cc1nc(C(C)(C)C)c(-c2n[nH]c(=S)o2)s1. The summed E-state index contributed by atoms with van der Waals surface area (Å²) in [6.07, 6.45) is 0. The summed E-state index contributed by atoms with van der Waals surface area (Å²) in [4.78, 5) is 5.79. The first-order valence-electron chi connectivity index (χ1n) is 4.92. The van der Waals surface area contributed by atoms with Crippen molar-refractivity contribution in [2.75, 3.05) is 0 Å². The second kappa shape index (κ2) is 3.78. The molecule has 1 N–H and O–H groups in total. The van der Waals surface area contributed by atoms with Gasteiger partial charge in [0.1, 0.15) is 4.88 Å². The third-order valence-electron chi connectivity index (χ3n) is 2.08. The fourth-order valence-corrected chi connectivity index (χ4v) is 2.59. The molecule has 0 aromatic carbocycles. The van der Waals surface area contributed by atoms with Crippen LogP contribution in [0, 0.1) is 11.8 Å². The molecule has 0 amide bonds. The van der Waals surface area contributed by atoms with Crippen LogP contribution in [0.15, 0.2) is 4.42 Å². The van der Waals surface area contributed by atoms with Crippen molar-refractivity contribution in [2.45, 2.75) is 33.1 Å². The average Bonchev–Trinajstić information content (AvgIpc) is 2.70. The van der Waals surface area contributed by atoms with E-state index in [4.69, 9.17) is 16.6 Å². The van der Waals surface area contributed by atoms with E-state index in [1.807, 2.05) is 6.92 Å². The smallest absolute Gasteiger partial charge is 0.284 e. The minimum absolute atomic E-state index is 0.0316. The summed E-state index contributed by atoms with van der Waals surface area (Å²) in [5, 5.41) is 7.68. The second-order valence-electron chi connectivity index (χ2n) is 4.58. The number of nitrogens with zero attached hydrogens (tertiary/aromatic N) is 2. The van der Waals surface area contributed by atoms with Gasteiger partial charge >= 0.3 is 0 Å². The molecular weight excluding hydrogens is 242 g/mol. The Hall–Kier alpha value is -1.01. The Balaban J connectivity index is 2.61. The summed E-state index contributed by atoms with van der Waals surface area (Å²) in [6, 6.07) is 0. The molecular formula is C10H13N3OS2. The molecule has 0 spiro atoms. The number of hydrogen-bond acceptors (Lipinski definition) is 5. The van der Waals surface area contributed by atoms with Gasteiger partial charge in [-0.1, -0.05) is 20.8 Å². The normalized spacial score (nSPS) is 12.0. The van der Waals surface area contributed by atoms with Crippen molar-refractivity contribution in [3.8, 4) is 10.8 Å². The second-order valence-corrected chi connectivity index (χ2v) is 6.15. The lowest BCUT2D eigenvalue weighted by atomic mass is 9.91. The lowest BCUT2D eigenvalue weighted by Crippen LogP contribution is -2.13. The molecule has 6 heteroatoms. The molecule has 0 atom stereocenters. The fourth-order valence-electron chi connectivity index (χ4n) is 1.41. The van der Waals surface area contributed by atoms with Crippen LogP contribution in [0.25, 0.3) is 10.8 Å². The molecule has 86 valence electrons. The highest BCUT2D eigenvalue weighted by Crippen LogP contribution is 2.35. The van der Waals surface area contributed by atoms with Gasteiger partial charge in [0.2, 0.25) is 0 Å². The predicted octanol–water partition coefficient (Wildman–Crippen LogP) is 3.46. The summed E-state index contributed by atoms with van der Waals surface area (Å²) in [5.74, 6) is 0.528. The maximum atomic E-state index is 5.34. The van der Waals surface area contributed by atoms with Crippen molar-refractivity contribution in [2.24, 2.45) is 0 Å². The van der Waals surface area contributed by atoms with Crippen LogP contribution in [0.1, 0.15) is 31.5 Å². The molecule has 4 nitrogen and oxygen atoms in total. The van der Waals surface area contributed by atoms with E-state index in [9.17, 15) is 0 Å². The van der Waals surface area contributed by atoms with Crippen molar-refractivity contribution in [1.82, 2.24) is 15.2 Å². The zero-order chi connectivity index (χ0) is 11.9. The van der Waals surface area contributed by atoms with Gasteiger partial charge in [-0.25, -0.2) is 10.1 Å². The first-order chi connectivity index (χ1) is 7.38. The van der Waals surface area contributed by atoms with Crippen LogP contribution >= 0.6 is 23.6 Å². The number of nitrogens with one attached hydrogen (secondary N) is 1. The maximum absolute atomic E-state index is 5.34. The average molecular weight is 255 g/mol.